The maximum Gasteiger partial charge on any atom is 0.227 e. The lowest BCUT2D eigenvalue weighted by Crippen LogP contribution is -2.36. The first kappa shape index (κ1) is 16.7. The van der Waals surface area contributed by atoms with Crippen molar-refractivity contribution in [3.05, 3.63) is 29.8 Å². The van der Waals surface area contributed by atoms with Gasteiger partial charge in [-0.05, 0) is 61.8 Å². The number of nitrogens with one attached hydrogen (secondary N) is 1. The van der Waals surface area contributed by atoms with Crippen LogP contribution in [0.4, 0.5) is 5.69 Å². The quantitative estimate of drug-likeness (QED) is 0.830. The third-order valence-corrected chi connectivity index (χ3v) is 4.92. The molecule has 120 valence electrons. The van der Waals surface area contributed by atoms with Crippen LogP contribution in [0, 0.1) is 23.7 Å². The second-order valence-electron chi connectivity index (χ2n) is 7.06. The maximum absolute atomic E-state index is 12.7. The van der Waals surface area contributed by atoms with Gasteiger partial charge in [-0.1, -0.05) is 27.2 Å². The van der Waals surface area contributed by atoms with Gasteiger partial charge in [-0.2, -0.15) is 0 Å². The molecule has 0 radical (unpaired) electrons. The summed E-state index contributed by atoms with van der Waals surface area (Å²) in [6.45, 7) is 8.20. The molecule has 0 aromatic heterocycles. The molecule has 1 aromatic rings. The van der Waals surface area contributed by atoms with Gasteiger partial charge in [-0.3, -0.25) is 9.59 Å². The molecule has 0 aliphatic heterocycles. The molecule has 0 spiro atoms. The molecule has 0 bridgehead atoms. The van der Waals surface area contributed by atoms with E-state index in [1.807, 2.05) is 12.1 Å². The number of anilines is 1. The van der Waals surface area contributed by atoms with E-state index < -0.39 is 0 Å². The normalized spacial score (nSPS) is 25.0. The molecule has 1 fully saturated rings. The Morgan fingerprint density at radius 2 is 1.77 bits per heavy atom. The van der Waals surface area contributed by atoms with E-state index in [1.165, 1.54) is 6.42 Å². The number of amides is 1. The minimum absolute atomic E-state index is 0.0406. The topological polar surface area (TPSA) is 46.2 Å². The van der Waals surface area contributed by atoms with Crippen LogP contribution < -0.4 is 5.32 Å². The van der Waals surface area contributed by atoms with Crippen molar-refractivity contribution in [2.75, 3.05) is 5.32 Å². The van der Waals surface area contributed by atoms with Crippen LogP contribution in [0.1, 0.15) is 57.3 Å². The highest BCUT2D eigenvalue weighted by Crippen LogP contribution is 2.38. The molecule has 2 rings (SSSR count). The number of hydrogen-bond acceptors (Lipinski definition) is 2. The number of ketones is 1. The zero-order chi connectivity index (χ0) is 16.3. The first-order valence-electron chi connectivity index (χ1n) is 8.30. The van der Waals surface area contributed by atoms with E-state index in [4.69, 9.17) is 0 Å². The standard InChI is InChI=1S/C19H27NO2/c1-12(2)17-10-5-13(3)11-18(17)19(22)20-16-8-6-15(7-9-16)14(4)21/h6-9,12-13,17-18H,5,10-11H2,1-4H3,(H,20,22). The van der Waals surface area contributed by atoms with Crippen LogP contribution in [-0.2, 0) is 4.79 Å². The molecule has 1 aliphatic carbocycles. The van der Waals surface area contributed by atoms with Crippen LogP contribution in [0.3, 0.4) is 0 Å². The van der Waals surface area contributed by atoms with E-state index in [2.05, 4.69) is 26.1 Å². The number of carbonyl (C=O) groups is 2. The second kappa shape index (κ2) is 7.08. The predicted molar refractivity (Wildman–Crippen MR) is 89.9 cm³/mol. The summed E-state index contributed by atoms with van der Waals surface area (Å²) in [6, 6.07) is 7.15. The molecule has 1 amide bonds. The molecule has 3 heteroatoms. The lowest BCUT2D eigenvalue weighted by atomic mass is 9.70. The van der Waals surface area contributed by atoms with Crippen LogP contribution in [0.15, 0.2) is 24.3 Å². The van der Waals surface area contributed by atoms with E-state index in [9.17, 15) is 9.59 Å². The molecular formula is C19H27NO2. The Kier molecular flexibility index (Phi) is 5.38. The van der Waals surface area contributed by atoms with E-state index >= 15 is 0 Å². The fourth-order valence-electron chi connectivity index (χ4n) is 3.53. The van der Waals surface area contributed by atoms with Crippen molar-refractivity contribution in [1.29, 1.82) is 0 Å². The lowest BCUT2D eigenvalue weighted by Gasteiger charge is -2.36. The minimum Gasteiger partial charge on any atom is -0.326 e. The molecular weight excluding hydrogens is 274 g/mol. The van der Waals surface area contributed by atoms with Gasteiger partial charge in [0.25, 0.3) is 0 Å². The molecule has 1 aromatic carbocycles. The van der Waals surface area contributed by atoms with Crippen molar-refractivity contribution in [3.63, 3.8) is 0 Å². The number of benzene rings is 1. The number of rotatable bonds is 4. The monoisotopic (exact) mass is 301 g/mol. The van der Waals surface area contributed by atoms with Gasteiger partial charge in [0.2, 0.25) is 5.91 Å². The summed E-state index contributed by atoms with van der Waals surface area (Å²) in [5.74, 6) is 1.87. The highest BCUT2D eigenvalue weighted by Gasteiger charge is 2.35. The minimum atomic E-state index is 0.0406. The SMILES string of the molecule is CC(=O)c1ccc(NC(=O)C2CC(C)CCC2C(C)C)cc1. The van der Waals surface area contributed by atoms with Crippen LogP contribution in [0.25, 0.3) is 0 Å². The number of carbonyl (C=O) groups excluding carboxylic acids is 2. The van der Waals surface area contributed by atoms with Gasteiger partial charge in [0.15, 0.2) is 5.78 Å². The summed E-state index contributed by atoms with van der Waals surface area (Å²) in [5.41, 5.74) is 1.44. The molecule has 3 unspecified atom stereocenters. The molecule has 1 aliphatic rings. The maximum atomic E-state index is 12.7. The lowest BCUT2D eigenvalue weighted by molar-refractivity contribution is -0.123. The summed E-state index contributed by atoms with van der Waals surface area (Å²) in [6.07, 6.45) is 3.33. The van der Waals surface area contributed by atoms with Crippen molar-refractivity contribution >= 4 is 17.4 Å². The summed E-state index contributed by atoms with van der Waals surface area (Å²) in [4.78, 5) is 24.0. The zero-order valence-corrected chi connectivity index (χ0v) is 14.1. The zero-order valence-electron chi connectivity index (χ0n) is 14.1. The van der Waals surface area contributed by atoms with Crippen molar-refractivity contribution in [2.24, 2.45) is 23.7 Å². The molecule has 0 heterocycles. The average Bonchev–Trinajstić information content (AvgIpc) is 2.47. The first-order chi connectivity index (χ1) is 10.4. The summed E-state index contributed by atoms with van der Waals surface area (Å²) < 4.78 is 0. The summed E-state index contributed by atoms with van der Waals surface area (Å²) in [7, 11) is 0. The Labute approximate surface area is 133 Å². The van der Waals surface area contributed by atoms with Crippen LogP contribution in [0.2, 0.25) is 0 Å². The van der Waals surface area contributed by atoms with Gasteiger partial charge in [-0.25, -0.2) is 0 Å². The highest BCUT2D eigenvalue weighted by atomic mass is 16.2. The summed E-state index contributed by atoms with van der Waals surface area (Å²) in [5, 5.41) is 3.03. The van der Waals surface area contributed by atoms with E-state index in [0.29, 0.717) is 23.3 Å². The third kappa shape index (κ3) is 3.96. The highest BCUT2D eigenvalue weighted by molar-refractivity contribution is 5.96. The molecule has 3 atom stereocenters. The van der Waals surface area contributed by atoms with Gasteiger partial charge >= 0.3 is 0 Å². The third-order valence-electron chi connectivity index (χ3n) is 4.92. The van der Waals surface area contributed by atoms with Crippen LogP contribution in [-0.4, -0.2) is 11.7 Å². The molecule has 1 N–H and O–H groups in total. The van der Waals surface area contributed by atoms with Crippen molar-refractivity contribution in [3.8, 4) is 0 Å². The number of Topliss-reactive ketones (excluding diaryl/α,β-unsaturated/α-hetero) is 1. The van der Waals surface area contributed by atoms with Gasteiger partial charge in [-0.15, -0.1) is 0 Å². The van der Waals surface area contributed by atoms with Gasteiger partial charge in [0.05, 0.1) is 0 Å². The Hall–Kier alpha value is -1.64. The van der Waals surface area contributed by atoms with Gasteiger partial charge < -0.3 is 5.32 Å². The number of hydrogen-bond donors (Lipinski definition) is 1. The first-order valence-corrected chi connectivity index (χ1v) is 8.30. The van der Waals surface area contributed by atoms with E-state index in [0.717, 1.165) is 18.5 Å². The van der Waals surface area contributed by atoms with Crippen LogP contribution >= 0.6 is 0 Å². The smallest absolute Gasteiger partial charge is 0.227 e. The molecule has 0 saturated heterocycles. The Bertz CT molecular complexity index is 533. The Morgan fingerprint density at radius 1 is 1.14 bits per heavy atom. The van der Waals surface area contributed by atoms with Crippen molar-refractivity contribution < 1.29 is 9.59 Å². The fourth-order valence-corrected chi connectivity index (χ4v) is 3.53. The molecule has 22 heavy (non-hydrogen) atoms. The second-order valence-corrected chi connectivity index (χ2v) is 7.06. The van der Waals surface area contributed by atoms with Crippen molar-refractivity contribution in [1.82, 2.24) is 0 Å². The Morgan fingerprint density at radius 3 is 2.32 bits per heavy atom. The van der Waals surface area contributed by atoms with E-state index in [-0.39, 0.29) is 17.6 Å². The Balaban J connectivity index is 2.07. The predicted octanol–water partition coefficient (Wildman–Crippen LogP) is 4.54. The largest absolute Gasteiger partial charge is 0.326 e. The van der Waals surface area contributed by atoms with E-state index in [1.54, 1.807) is 19.1 Å². The average molecular weight is 301 g/mol. The van der Waals surface area contributed by atoms with Gasteiger partial charge in [0.1, 0.15) is 0 Å². The van der Waals surface area contributed by atoms with Crippen LogP contribution in [0.5, 0.6) is 0 Å². The molecule has 1 saturated carbocycles. The molecule has 3 nitrogen and oxygen atoms in total. The summed E-state index contributed by atoms with van der Waals surface area (Å²) >= 11 is 0. The van der Waals surface area contributed by atoms with Crippen molar-refractivity contribution in [2.45, 2.75) is 47.0 Å². The van der Waals surface area contributed by atoms with Gasteiger partial charge in [0, 0.05) is 17.2 Å². The fraction of sp³-hybridized carbons (Fsp3) is 0.579.